The number of likely N-dealkylation sites (tertiary alicyclic amines) is 1. The van der Waals surface area contributed by atoms with Gasteiger partial charge in [-0.05, 0) is 13.3 Å². The number of aliphatic carboxylic acids is 1. The summed E-state index contributed by atoms with van der Waals surface area (Å²) in [4.78, 5) is 23.9. The molecule has 2 fully saturated rings. The molecule has 0 aromatic heterocycles. The molecule has 0 aliphatic carbocycles. The second kappa shape index (κ2) is 5.75. The van der Waals surface area contributed by atoms with E-state index in [2.05, 4.69) is 5.32 Å². The first kappa shape index (κ1) is 14.1. The first-order valence-electron chi connectivity index (χ1n) is 6.45. The van der Waals surface area contributed by atoms with Gasteiger partial charge in [-0.25, -0.2) is 9.59 Å². The normalized spacial score (nSPS) is 24.9. The Bertz CT molecular complexity index is 348. The Morgan fingerprint density at radius 1 is 1.53 bits per heavy atom. The number of carboxylic acid groups (broad SMARTS) is 1. The molecule has 0 aromatic carbocycles. The number of nitrogens with zero attached hydrogens (tertiary/aromatic N) is 1. The van der Waals surface area contributed by atoms with Gasteiger partial charge in [0.25, 0.3) is 0 Å². The van der Waals surface area contributed by atoms with E-state index in [9.17, 15) is 9.59 Å². The molecule has 0 aromatic rings. The van der Waals surface area contributed by atoms with Gasteiger partial charge in [-0.3, -0.25) is 0 Å². The maximum absolute atomic E-state index is 11.8. The van der Waals surface area contributed by atoms with E-state index in [0.29, 0.717) is 32.2 Å². The highest BCUT2D eigenvalue weighted by Gasteiger charge is 2.42. The fourth-order valence-corrected chi connectivity index (χ4v) is 2.32. The van der Waals surface area contributed by atoms with Crippen molar-refractivity contribution in [3.05, 3.63) is 0 Å². The largest absolute Gasteiger partial charge is 0.480 e. The Hall–Kier alpha value is -1.34. The fraction of sp³-hybridized carbons (Fsp3) is 0.833. The summed E-state index contributed by atoms with van der Waals surface area (Å²) in [6, 6.07) is -0.122. The Balaban J connectivity index is 1.64. The summed E-state index contributed by atoms with van der Waals surface area (Å²) >= 11 is 0. The van der Waals surface area contributed by atoms with Gasteiger partial charge in [0.1, 0.15) is 12.2 Å². The third-order valence-electron chi connectivity index (χ3n) is 3.45. The molecule has 108 valence electrons. The van der Waals surface area contributed by atoms with E-state index in [-0.39, 0.29) is 12.6 Å². The molecule has 2 heterocycles. The molecule has 2 N–H and O–H groups in total. The van der Waals surface area contributed by atoms with Crippen molar-refractivity contribution in [1.82, 2.24) is 10.2 Å². The van der Waals surface area contributed by atoms with E-state index < -0.39 is 11.6 Å². The van der Waals surface area contributed by atoms with E-state index in [1.807, 2.05) is 6.92 Å². The molecule has 0 spiro atoms. The van der Waals surface area contributed by atoms with Crippen molar-refractivity contribution in [2.75, 3.05) is 39.5 Å². The van der Waals surface area contributed by atoms with Crippen LogP contribution in [0.15, 0.2) is 0 Å². The monoisotopic (exact) mass is 272 g/mol. The number of rotatable bonds is 5. The van der Waals surface area contributed by atoms with Crippen LogP contribution in [0.3, 0.4) is 0 Å². The molecular weight excluding hydrogens is 252 g/mol. The van der Waals surface area contributed by atoms with Crippen LogP contribution in [-0.2, 0) is 14.3 Å². The number of amides is 2. The first-order valence-corrected chi connectivity index (χ1v) is 6.45. The third kappa shape index (κ3) is 3.81. The van der Waals surface area contributed by atoms with Crippen LogP contribution >= 0.6 is 0 Å². The van der Waals surface area contributed by atoms with Gasteiger partial charge in [0.2, 0.25) is 0 Å². The predicted octanol–water partition coefficient (Wildman–Crippen LogP) is -0.0920. The molecule has 0 saturated carbocycles. The Labute approximate surface area is 111 Å². The van der Waals surface area contributed by atoms with Crippen molar-refractivity contribution in [2.24, 2.45) is 5.92 Å². The lowest BCUT2D eigenvalue weighted by Crippen LogP contribution is -2.65. The predicted molar refractivity (Wildman–Crippen MR) is 65.9 cm³/mol. The minimum Gasteiger partial charge on any atom is -0.480 e. The van der Waals surface area contributed by atoms with Crippen molar-refractivity contribution < 1.29 is 24.2 Å². The number of ether oxygens (including phenoxy) is 2. The lowest BCUT2D eigenvalue weighted by atomic mass is 9.97. The Morgan fingerprint density at radius 3 is 2.84 bits per heavy atom. The number of carboxylic acids is 1. The van der Waals surface area contributed by atoms with Crippen LogP contribution in [0, 0.1) is 5.92 Å². The average molecular weight is 272 g/mol. The average Bonchev–Trinajstić information content (AvgIpc) is 2.83. The van der Waals surface area contributed by atoms with E-state index in [0.717, 1.165) is 13.0 Å². The van der Waals surface area contributed by atoms with Crippen LogP contribution in [0.2, 0.25) is 0 Å². The van der Waals surface area contributed by atoms with Gasteiger partial charge in [-0.15, -0.1) is 0 Å². The summed E-state index contributed by atoms with van der Waals surface area (Å²) in [7, 11) is 0. The number of nitrogens with one attached hydrogen (secondary N) is 1. The molecule has 2 amide bonds. The minimum absolute atomic E-state index is 0.122. The molecular formula is C12H20N2O5. The van der Waals surface area contributed by atoms with Crippen molar-refractivity contribution in [2.45, 2.75) is 18.9 Å². The molecule has 1 atom stereocenters. The number of urea groups is 1. The minimum atomic E-state index is -0.995. The van der Waals surface area contributed by atoms with E-state index in [1.54, 1.807) is 4.90 Å². The molecule has 1 unspecified atom stereocenters. The molecule has 2 aliphatic rings. The molecule has 19 heavy (non-hydrogen) atoms. The summed E-state index contributed by atoms with van der Waals surface area (Å²) in [6.07, 6.45) is 0.986. The lowest BCUT2D eigenvalue weighted by molar-refractivity contribution is -0.159. The lowest BCUT2D eigenvalue weighted by Gasteiger charge is -2.47. The number of hydrogen-bond acceptors (Lipinski definition) is 4. The molecule has 0 bridgehead atoms. The third-order valence-corrected chi connectivity index (χ3v) is 3.45. The van der Waals surface area contributed by atoms with Crippen molar-refractivity contribution in [1.29, 1.82) is 0 Å². The highest BCUT2D eigenvalue weighted by atomic mass is 16.5. The maximum Gasteiger partial charge on any atom is 0.329 e. The molecule has 7 heteroatoms. The van der Waals surface area contributed by atoms with Gasteiger partial charge in [0.05, 0.1) is 19.7 Å². The van der Waals surface area contributed by atoms with E-state index in [1.165, 1.54) is 0 Å². The molecule has 7 nitrogen and oxygen atoms in total. The van der Waals surface area contributed by atoms with Gasteiger partial charge < -0.3 is 24.8 Å². The highest BCUT2D eigenvalue weighted by Crippen LogP contribution is 2.24. The van der Waals surface area contributed by atoms with Crippen molar-refractivity contribution >= 4 is 12.0 Å². The summed E-state index contributed by atoms with van der Waals surface area (Å²) in [5.41, 5.74) is -0.536. The first-order chi connectivity index (χ1) is 8.98. The second-order valence-electron chi connectivity index (χ2n) is 5.40. The van der Waals surface area contributed by atoms with Crippen molar-refractivity contribution in [3.8, 4) is 0 Å². The topological polar surface area (TPSA) is 88.1 Å². The number of hydrogen-bond donors (Lipinski definition) is 2. The van der Waals surface area contributed by atoms with Crippen LogP contribution in [0.1, 0.15) is 13.3 Å². The van der Waals surface area contributed by atoms with Crippen LogP contribution in [0.5, 0.6) is 0 Å². The smallest absolute Gasteiger partial charge is 0.329 e. The molecule has 2 saturated heterocycles. The maximum atomic E-state index is 11.8. The zero-order valence-corrected chi connectivity index (χ0v) is 11.1. The zero-order valence-electron chi connectivity index (χ0n) is 11.1. The van der Waals surface area contributed by atoms with Gasteiger partial charge >= 0.3 is 12.0 Å². The van der Waals surface area contributed by atoms with Gasteiger partial charge in [-0.2, -0.15) is 0 Å². The quantitative estimate of drug-likeness (QED) is 0.730. The summed E-state index contributed by atoms with van der Waals surface area (Å²) in [5, 5.41) is 11.4. The van der Waals surface area contributed by atoms with Gasteiger partial charge in [-0.1, -0.05) is 0 Å². The van der Waals surface area contributed by atoms with Gasteiger partial charge in [0, 0.05) is 19.1 Å². The van der Waals surface area contributed by atoms with Crippen LogP contribution in [0.4, 0.5) is 4.79 Å². The molecule has 2 aliphatic heterocycles. The summed E-state index contributed by atoms with van der Waals surface area (Å²) in [5.74, 6) is -0.592. The van der Waals surface area contributed by atoms with E-state index >= 15 is 0 Å². The van der Waals surface area contributed by atoms with Crippen LogP contribution in [-0.4, -0.2) is 67.1 Å². The van der Waals surface area contributed by atoms with Crippen molar-refractivity contribution in [3.63, 3.8) is 0 Å². The fourth-order valence-electron chi connectivity index (χ4n) is 2.32. The number of carbonyl (C=O) groups excluding carboxylic acids is 1. The van der Waals surface area contributed by atoms with E-state index in [4.69, 9.17) is 14.6 Å². The number of carbonyl (C=O) groups is 2. The van der Waals surface area contributed by atoms with Gasteiger partial charge in [0.15, 0.2) is 0 Å². The summed E-state index contributed by atoms with van der Waals surface area (Å²) < 4.78 is 10.5. The van der Waals surface area contributed by atoms with Crippen LogP contribution in [0.25, 0.3) is 0 Å². The standard InChI is InChI=1S/C12H20N2O5/c1-12(19-6-10(15)16)7-14(8-12)11(17)13-4-9-2-3-18-5-9/h9H,2-8H2,1H3,(H,13,17)(H,15,16). The van der Waals surface area contributed by atoms with Crippen LogP contribution < -0.4 is 5.32 Å². The Morgan fingerprint density at radius 2 is 2.26 bits per heavy atom. The highest BCUT2D eigenvalue weighted by molar-refractivity contribution is 5.75. The zero-order chi connectivity index (χ0) is 13.9. The SMILES string of the molecule is CC1(OCC(=O)O)CN(C(=O)NCC2CCOC2)C1. The Kier molecular flexibility index (Phi) is 4.26. The second-order valence-corrected chi connectivity index (χ2v) is 5.40. The molecule has 2 rings (SSSR count). The summed E-state index contributed by atoms with van der Waals surface area (Å²) in [6.45, 7) is 4.43. The molecule has 0 radical (unpaired) electrons.